The van der Waals surface area contributed by atoms with Crippen LogP contribution in [0.5, 0.6) is 0 Å². The fraction of sp³-hybridized carbons (Fsp3) is 0.667. The summed E-state index contributed by atoms with van der Waals surface area (Å²) in [5.41, 5.74) is 0.802. The van der Waals surface area contributed by atoms with E-state index in [2.05, 4.69) is 30.7 Å². The summed E-state index contributed by atoms with van der Waals surface area (Å²) in [5, 5.41) is 10.0. The number of thiazole rings is 1. The zero-order valence-electron chi connectivity index (χ0n) is 10.4. The Bertz CT molecular complexity index is 424. The molecule has 1 aromatic rings. The lowest BCUT2D eigenvalue weighted by molar-refractivity contribution is 0.0700. The molecule has 0 atom stereocenters. The molecule has 1 aliphatic carbocycles. The van der Waals surface area contributed by atoms with Gasteiger partial charge in [0, 0.05) is 18.5 Å². The highest BCUT2D eigenvalue weighted by Gasteiger charge is 2.33. The fourth-order valence-corrected chi connectivity index (χ4v) is 3.14. The topological polar surface area (TPSA) is 53.4 Å². The number of aromatic carboxylic acids is 1. The second-order valence-corrected chi connectivity index (χ2v) is 5.65. The molecule has 2 rings (SSSR count). The van der Waals surface area contributed by atoms with Gasteiger partial charge >= 0.3 is 5.97 Å². The van der Waals surface area contributed by atoms with E-state index in [1.54, 1.807) is 0 Å². The van der Waals surface area contributed by atoms with Crippen LogP contribution in [0.3, 0.4) is 0 Å². The first-order chi connectivity index (χ1) is 8.04. The highest BCUT2D eigenvalue weighted by atomic mass is 32.1. The lowest BCUT2D eigenvalue weighted by Gasteiger charge is -2.24. The Morgan fingerprint density at radius 1 is 1.59 bits per heavy atom. The zero-order valence-corrected chi connectivity index (χ0v) is 11.3. The molecule has 0 spiro atoms. The van der Waals surface area contributed by atoms with Crippen LogP contribution in [-0.4, -0.2) is 28.6 Å². The number of rotatable bonds is 5. The van der Waals surface area contributed by atoms with Crippen molar-refractivity contribution in [2.24, 2.45) is 0 Å². The van der Waals surface area contributed by atoms with Crippen LogP contribution in [0.15, 0.2) is 0 Å². The van der Waals surface area contributed by atoms with E-state index in [-0.39, 0.29) is 0 Å². The maximum Gasteiger partial charge on any atom is 0.347 e. The molecule has 17 heavy (non-hydrogen) atoms. The summed E-state index contributed by atoms with van der Waals surface area (Å²) >= 11 is 1.31. The molecule has 1 saturated carbocycles. The molecule has 5 heteroatoms. The van der Waals surface area contributed by atoms with Gasteiger partial charge in [0.1, 0.15) is 4.88 Å². The van der Waals surface area contributed by atoms with E-state index in [4.69, 9.17) is 0 Å². The van der Waals surface area contributed by atoms with Gasteiger partial charge < -0.3 is 10.0 Å². The number of carbonyl (C=O) groups is 1. The molecule has 0 amide bonds. The molecule has 0 saturated heterocycles. The van der Waals surface area contributed by atoms with Crippen LogP contribution in [0.1, 0.15) is 54.9 Å². The first kappa shape index (κ1) is 12.4. The number of carboxylic acid groups (broad SMARTS) is 1. The minimum absolute atomic E-state index is 0.347. The number of nitrogens with zero attached hydrogens (tertiary/aromatic N) is 2. The van der Waals surface area contributed by atoms with Crippen LogP contribution in [0, 0.1) is 0 Å². The number of hydrogen-bond acceptors (Lipinski definition) is 4. The molecule has 0 radical (unpaired) electrons. The standard InChI is InChI=1S/C12H18N2O2S/c1-4-14(7(2)3)12-13-9(8-5-6-8)10(17-12)11(15)16/h7-8H,4-6H2,1-3H3,(H,15,16). The highest BCUT2D eigenvalue weighted by Crippen LogP contribution is 2.44. The quantitative estimate of drug-likeness (QED) is 0.877. The summed E-state index contributed by atoms with van der Waals surface area (Å²) in [6, 6.07) is 0.347. The normalized spacial score (nSPS) is 15.3. The largest absolute Gasteiger partial charge is 0.477 e. The van der Waals surface area contributed by atoms with E-state index >= 15 is 0 Å². The molecule has 94 valence electrons. The molecule has 1 aromatic heterocycles. The van der Waals surface area contributed by atoms with Crippen LogP contribution < -0.4 is 4.90 Å². The molecule has 0 bridgehead atoms. The predicted molar refractivity (Wildman–Crippen MR) is 69.2 cm³/mol. The third kappa shape index (κ3) is 2.44. The van der Waals surface area contributed by atoms with Gasteiger partial charge in [-0.2, -0.15) is 0 Å². The van der Waals surface area contributed by atoms with Gasteiger partial charge in [-0.1, -0.05) is 11.3 Å². The molecule has 0 aliphatic heterocycles. The summed E-state index contributed by atoms with van der Waals surface area (Å²) in [5.74, 6) is -0.451. The van der Waals surface area contributed by atoms with Crippen molar-refractivity contribution in [1.29, 1.82) is 0 Å². The molecule has 0 unspecified atom stereocenters. The Labute approximate surface area is 105 Å². The van der Waals surface area contributed by atoms with E-state index < -0.39 is 5.97 Å². The van der Waals surface area contributed by atoms with Gasteiger partial charge in [-0.15, -0.1) is 0 Å². The second kappa shape index (κ2) is 4.64. The maximum atomic E-state index is 11.2. The smallest absolute Gasteiger partial charge is 0.347 e. The number of carboxylic acids is 1. The van der Waals surface area contributed by atoms with Gasteiger partial charge in [-0.25, -0.2) is 9.78 Å². The first-order valence-corrected chi connectivity index (χ1v) is 6.86. The minimum Gasteiger partial charge on any atom is -0.477 e. The Balaban J connectivity index is 2.35. The van der Waals surface area contributed by atoms with Gasteiger partial charge in [-0.3, -0.25) is 0 Å². The number of anilines is 1. The predicted octanol–water partition coefficient (Wildman–Crippen LogP) is 2.95. The Kier molecular flexibility index (Phi) is 3.38. The minimum atomic E-state index is -0.838. The third-order valence-electron chi connectivity index (χ3n) is 3.01. The van der Waals surface area contributed by atoms with Crippen molar-refractivity contribution >= 4 is 22.4 Å². The summed E-state index contributed by atoms with van der Waals surface area (Å²) in [4.78, 5) is 18.3. The fourth-order valence-electron chi connectivity index (χ4n) is 1.95. The van der Waals surface area contributed by atoms with Crippen molar-refractivity contribution < 1.29 is 9.90 Å². The third-order valence-corrected chi connectivity index (χ3v) is 4.11. The zero-order chi connectivity index (χ0) is 12.6. The number of aromatic nitrogens is 1. The van der Waals surface area contributed by atoms with E-state index in [1.165, 1.54) is 11.3 Å². The second-order valence-electron chi connectivity index (χ2n) is 4.67. The maximum absolute atomic E-state index is 11.2. The average molecular weight is 254 g/mol. The van der Waals surface area contributed by atoms with Gasteiger partial charge in [0.15, 0.2) is 5.13 Å². The average Bonchev–Trinajstić information content (AvgIpc) is 3.00. The van der Waals surface area contributed by atoms with Gasteiger partial charge in [0.05, 0.1) is 5.69 Å². The van der Waals surface area contributed by atoms with Crippen molar-refractivity contribution in [3.8, 4) is 0 Å². The molecule has 4 nitrogen and oxygen atoms in total. The summed E-state index contributed by atoms with van der Waals surface area (Å²) in [6.07, 6.45) is 2.16. The van der Waals surface area contributed by atoms with Crippen molar-refractivity contribution in [2.75, 3.05) is 11.4 Å². The van der Waals surface area contributed by atoms with Gasteiger partial charge in [-0.05, 0) is 33.6 Å². The van der Waals surface area contributed by atoms with Crippen molar-refractivity contribution in [1.82, 2.24) is 4.98 Å². The molecular formula is C12H18N2O2S. The summed E-state index contributed by atoms with van der Waals surface area (Å²) < 4.78 is 0. The molecule has 1 N–H and O–H groups in total. The SMILES string of the molecule is CCN(c1nc(C2CC2)c(C(=O)O)s1)C(C)C. The van der Waals surface area contributed by atoms with Gasteiger partial charge in [0.25, 0.3) is 0 Å². The van der Waals surface area contributed by atoms with Crippen LogP contribution in [0.25, 0.3) is 0 Å². The Morgan fingerprint density at radius 3 is 2.65 bits per heavy atom. The van der Waals surface area contributed by atoms with E-state index in [1.807, 2.05) is 0 Å². The van der Waals surface area contributed by atoms with Crippen LogP contribution in [0.4, 0.5) is 5.13 Å². The Hall–Kier alpha value is -1.10. The molecular weight excluding hydrogens is 236 g/mol. The van der Waals surface area contributed by atoms with Crippen LogP contribution in [-0.2, 0) is 0 Å². The van der Waals surface area contributed by atoms with Crippen molar-refractivity contribution in [3.05, 3.63) is 10.6 Å². The Morgan fingerprint density at radius 2 is 2.24 bits per heavy atom. The monoisotopic (exact) mass is 254 g/mol. The lowest BCUT2D eigenvalue weighted by Crippen LogP contribution is -2.30. The highest BCUT2D eigenvalue weighted by molar-refractivity contribution is 7.17. The molecule has 1 heterocycles. The van der Waals surface area contributed by atoms with Crippen molar-refractivity contribution in [3.63, 3.8) is 0 Å². The summed E-state index contributed by atoms with van der Waals surface area (Å²) in [6.45, 7) is 7.12. The van der Waals surface area contributed by atoms with Crippen LogP contribution in [0.2, 0.25) is 0 Å². The van der Waals surface area contributed by atoms with Crippen molar-refractivity contribution in [2.45, 2.75) is 45.6 Å². The van der Waals surface area contributed by atoms with E-state index in [0.29, 0.717) is 16.8 Å². The molecule has 1 aliphatic rings. The summed E-state index contributed by atoms with van der Waals surface area (Å²) in [7, 11) is 0. The first-order valence-electron chi connectivity index (χ1n) is 6.05. The van der Waals surface area contributed by atoms with E-state index in [0.717, 1.165) is 30.2 Å². The van der Waals surface area contributed by atoms with Crippen LogP contribution >= 0.6 is 11.3 Å². The lowest BCUT2D eigenvalue weighted by atomic mass is 10.2. The van der Waals surface area contributed by atoms with Gasteiger partial charge in [0.2, 0.25) is 0 Å². The molecule has 1 fully saturated rings. The molecule has 0 aromatic carbocycles. The number of hydrogen-bond donors (Lipinski definition) is 1. The van der Waals surface area contributed by atoms with E-state index in [9.17, 15) is 9.90 Å².